The van der Waals surface area contributed by atoms with Crippen molar-refractivity contribution in [1.29, 1.82) is 0 Å². The van der Waals surface area contributed by atoms with E-state index < -0.39 is 0 Å². The van der Waals surface area contributed by atoms with E-state index in [1.54, 1.807) is 12.7 Å². The zero-order chi connectivity index (χ0) is 15.6. The van der Waals surface area contributed by atoms with E-state index in [-0.39, 0.29) is 0 Å². The molecule has 1 N–H and O–H groups in total. The molecule has 4 rings (SSSR count). The molecule has 1 unspecified atom stereocenters. The quantitative estimate of drug-likeness (QED) is 0.926. The van der Waals surface area contributed by atoms with Crippen LogP contribution in [0.5, 0.6) is 5.75 Å². The number of ether oxygens (including phenoxy) is 1. The SMILES string of the molecule is COc1ccccc1CN1CC2=c3ccccc3=CNCC2C1. The molecule has 0 spiro atoms. The van der Waals surface area contributed by atoms with Crippen molar-refractivity contribution in [3.05, 3.63) is 64.5 Å². The summed E-state index contributed by atoms with van der Waals surface area (Å²) in [7, 11) is 1.75. The Morgan fingerprint density at radius 1 is 1.13 bits per heavy atom. The van der Waals surface area contributed by atoms with Gasteiger partial charge in [-0.15, -0.1) is 0 Å². The number of methoxy groups -OCH3 is 1. The van der Waals surface area contributed by atoms with Crippen molar-refractivity contribution < 1.29 is 4.74 Å². The molecule has 0 aliphatic carbocycles. The predicted octanol–water partition coefficient (Wildman–Crippen LogP) is 1.32. The predicted molar refractivity (Wildman–Crippen MR) is 93.3 cm³/mol. The normalized spacial score (nSPS) is 20.0. The Labute approximate surface area is 136 Å². The van der Waals surface area contributed by atoms with Crippen molar-refractivity contribution in [2.75, 3.05) is 26.7 Å². The van der Waals surface area contributed by atoms with Gasteiger partial charge in [-0.2, -0.15) is 0 Å². The van der Waals surface area contributed by atoms with Gasteiger partial charge < -0.3 is 10.1 Å². The van der Waals surface area contributed by atoms with Crippen LogP contribution >= 0.6 is 0 Å². The lowest BCUT2D eigenvalue weighted by atomic mass is 10.0. The minimum absolute atomic E-state index is 0.588. The number of nitrogens with one attached hydrogen (secondary N) is 1. The minimum atomic E-state index is 0.588. The summed E-state index contributed by atoms with van der Waals surface area (Å²) < 4.78 is 5.50. The molecule has 0 amide bonds. The van der Waals surface area contributed by atoms with Crippen LogP contribution in [0.2, 0.25) is 0 Å². The molecule has 1 atom stereocenters. The number of nitrogens with zero attached hydrogens (tertiary/aromatic N) is 1. The molecule has 3 heteroatoms. The largest absolute Gasteiger partial charge is 0.496 e. The highest BCUT2D eigenvalue weighted by molar-refractivity contribution is 5.55. The van der Waals surface area contributed by atoms with Crippen molar-refractivity contribution in [3.8, 4) is 5.75 Å². The van der Waals surface area contributed by atoms with E-state index in [1.165, 1.54) is 16.0 Å². The molecular formula is C20H22N2O. The molecule has 2 aromatic rings. The van der Waals surface area contributed by atoms with Gasteiger partial charge in [0.15, 0.2) is 0 Å². The van der Waals surface area contributed by atoms with E-state index in [1.807, 2.05) is 12.1 Å². The van der Waals surface area contributed by atoms with Crippen LogP contribution in [0.25, 0.3) is 11.8 Å². The molecule has 0 aromatic heterocycles. The van der Waals surface area contributed by atoms with Crippen molar-refractivity contribution >= 4 is 11.8 Å². The Morgan fingerprint density at radius 2 is 1.96 bits per heavy atom. The topological polar surface area (TPSA) is 24.5 Å². The maximum absolute atomic E-state index is 5.50. The highest BCUT2D eigenvalue weighted by Gasteiger charge is 2.28. The number of benzene rings is 2. The molecule has 2 heterocycles. The molecule has 2 aliphatic rings. The lowest BCUT2D eigenvalue weighted by Crippen LogP contribution is -2.28. The number of hydrogen-bond acceptors (Lipinski definition) is 3. The summed E-state index contributed by atoms with van der Waals surface area (Å²) in [6.07, 6.45) is 2.16. The summed E-state index contributed by atoms with van der Waals surface area (Å²) in [4.78, 5) is 2.53. The van der Waals surface area contributed by atoms with E-state index in [9.17, 15) is 0 Å². The summed E-state index contributed by atoms with van der Waals surface area (Å²) in [6, 6.07) is 17.0. The average Bonchev–Trinajstić information content (AvgIpc) is 2.90. The summed E-state index contributed by atoms with van der Waals surface area (Å²) in [6.45, 7) is 4.10. The smallest absolute Gasteiger partial charge is 0.123 e. The number of hydrogen-bond donors (Lipinski definition) is 1. The second-order valence-electron chi connectivity index (χ2n) is 6.34. The van der Waals surface area contributed by atoms with Crippen LogP contribution in [0, 0.1) is 5.92 Å². The number of para-hydroxylation sites is 1. The van der Waals surface area contributed by atoms with Crippen LogP contribution in [0.4, 0.5) is 0 Å². The average molecular weight is 306 g/mol. The van der Waals surface area contributed by atoms with Crippen molar-refractivity contribution in [2.24, 2.45) is 5.92 Å². The molecule has 118 valence electrons. The second kappa shape index (κ2) is 6.09. The summed E-state index contributed by atoms with van der Waals surface area (Å²) in [5.41, 5.74) is 2.83. The van der Waals surface area contributed by atoms with Crippen molar-refractivity contribution in [2.45, 2.75) is 6.54 Å². The van der Waals surface area contributed by atoms with Crippen LogP contribution in [0.15, 0.2) is 48.5 Å². The van der Waals surface area contributed by atoms with Crippen LogP contribution < -0.4 is 20.5 Å². The lowest BCUT2D eigenvalue weighted by molar-refractivity contribution is 0.309. The summed E-state index contributed by atoms with van der Waals surface area (Å²) in [5, 5.41) is 6.20. The van der Waals surface area contributed by atoms with Crippen LogP contribution in [0.1, 0.15) is 5.56 Å². The minimum Gasteiger partial charge on any atom is -0.496 e. The zero-order valence-corrected chi connectivity index (χ0v) is 13.5. The van der Waals surface area contributed by atoms with Gasteiger partial charge in [0.25, 0.3) is 0 Å². The fraction of sp³-hybridized carbons (Fsp3) is 0.300. The standard InChI is InChI=1S/C20H22N2O/c1-23-20-9-5-3-7-16(20)12-22-13-17-11-21-10-15-6-2-4-8-18(15)19(17)14-22/h2-10,17,21H,11-14H2,1H3. The van der Waals surface area contributed by atoms with E-state index in [2.05, 4.69) is 52.8 Å². The first-order valence-corrected chi connectivity index (χ1v) is 8.21. The molecule has 2 aromatic carbocycles. The van der Waals surface area contributed by atoms with Gasteiger partial charge in [0.1, 0.15) is 5.75 Å². The van der Waals surface area contributed by atoms with Gasteiger partial charge in [0, 0.05) is 43.9 Å². The first kappa shape index (κ1) is 14.3. The summed E-state index contributed by atoms with van der Waals surface area (Å²) in [5.74, 6) is 1.57. The van der Waals surface area contributed by atoms with Gasteiger partial charge in [-0.3, -0.25) is 4.90 Å². The van der Waals surface area contributed by atoms with Gasteiger partial charge in [-0.1, -0.05) is 42.5 Å². The molecular weight excluding hydrogens is 284 g/mol. The third-order valence-electron chi connectivity index (χ3n) is 4.88. The molecule has 1 fully saturated rings. The van der Waals surface area contributed by atoms with Crippen LogP contribution in [0.3, 0.4) is 0 Å². The highest BCUT2D eigenvalue weighted by Crippen LogP contribution is 2.27. The van der Waals surface area contributed by atoms with Gasteiger partial charge >= 0.3 is 0 Å². The second-order valence-corrected chi connectivity index (χ2v) is 6.34. The molecule has 0 radical (unpaired) electrons. The van der Waals surface area contributed by atoms with Gasteiger partial charge in [0.2, 0.25) is 0 Å². The van der Waals surface area contributed by atoms with E-state index >= 15 is 0 Å². The Bertz CT molecular complexity index is 828. The molecule has 23 heavy (non-hydrogen) atoms. The zero-order valence-electron chi connectivity index (χ0n) is 13.5. The fourth-order valence-corrected chi connectivity index (χ4v) is 3.77. The number of likely N-dealkylation sites (tertiary alicyclic amines) is 1. The monoisotopic (exact) mass is 306 g/mol. The summed E-state index contributed by atoms with van der Waals surface area (Å²) >= 11 is 0. The van der Waals surface area contributed by atoms with Crippen LogP contribution in [-0.2, 0) is 6.54 Å². The first-order chi connectivity index (χ1) is 11.3. The van der Waals surface area contributed by atoms with E-state index in [4.69, 9.17) is 4.74 Å². The van der Waals surface area contributed by atoms with Gasteiger partial charge in [-0.05, 0) is 22.1 Å². The Balaban J connectivity index is 1.66. The third kappa shape index (κ3) is 2.73. The van der Waals surface area contributed by atoms with E-state index in [0.717, 1.165) is 31.9 Å². The maximum atomic E-state index is 5.50. The molecule has 0 saturated carbocycles. The molecule has 0 bridgehead atoms. The fourth-order valence-electron chi connectivity index (χ4n) is 3.77. The van der Waals surface area contributed by atoms with Gasteiger partial charge in [0.05, 0.1) is 7.11 Å². The lowest BCUT2D eigenvalue weighted by Gasteiger charge is -2.17. The Hall–Kier alpha value is -2.26. The Kier molecular flexibility index (Phi) is 3.80. The number of rotatable bonds is 3. The number of fused-ring (bicyclic) bond motifs is 2. The van der Waals surface area contributed by atoms with E-state index in [0.29, 0.717) is 5.92 Å². The first-order valence-electron chi connectivity index (χ1n) is 8.21. The maximum Gasteiger partial charge on any atom is 0.123 e. The third-order valence-corrected chi connectivity index (χ3v) is 4.88. The van der Waals surface area contributed by atoms with Crippen LogP contribution in [-0.4, -0.2) is 31.6 Å². The van der Waals surface area contributed by atoms with Crippen molar-refractivity contribution in [3.63, 3.8) is 0 Å². The Morgan fingerprint density at radius 3 is 2.87 bits per heavy atom. The van der Waals surface area contributed by atoms with Crippen molar-refractivity contribution in [1.82, 2.24) is 10.2 Å². The molecule has 3 nitrogen and oxygen atoms in total. The van der Waals surface area contributed by atoms with Gasteiger partial charge in [-0.25, -0.2) is 0 Å². The molecule has 1 saturated heterocycles. The molecule has 2 aliphatic heterocycles. The highest BCUT2D eigenvalue weighted by atomic mass is 16.5.